The highest BCUT2D eigenvalue weighted by atomic mass is 17.2. The monoisotopic (exact) mass is 550 g/mol. The van der Waals surface area contributed by atoms with Crippen LogP contribution in [0, 0.1) is 5.92 Å². The summed E-state index contributed by atoms with van der Waals surface area (Å²) >= 11 is 0. The van der Waals surface area contributed by atoms with Crippen molar-refractivity contribution in [1.29, 1.82) is 0 Å². The summed E-state index contributed by atoms with van der Waals surface area (Å²) in [5.74, 6) is 0.128. The third-order valence-electron chi connectivity index (χ3n) is 6.98. The quantitative estimate of drug-likeness (QED) is 0.116. The van der Waals surface area contributed by atoms with Crippen LogP contribution in [0.5, 0.6) is 5.75 Å². The minimum Gasteiger partial charge on any atom is -0.497 e. The Bertz CT molecular complexity index is 1360. The molecule has 0 radical (unpaired) electrons. The van der Waals surface area contributed by atoms with Crippen molar-refractivity contribution < 1.29 is 33.6 Å². The molecular formula is C31H38N2O7. The topological polar surface area (TPSA) is 96.3 Å². The van der Waals surface area contributed by atoms with Crippen LogP contribution in [0.1, 0.15) is 80.0 Å². The molecule has 0 aliphatic carbocycles. The second-order valence-electron chi connectivity index (χ2n) is 11.1. The van der Waals surface area contributed by atoms with Crippen molar-refractivity contribution in [1.82, 2.24) is 9.47 Å². The lowest BCUT2D eigenvalue weighted by atomic mass is 10.1. The number of ether oxygens (including phenoxy) is 2. The Morgan fingerprint density at radius 1 is 1.02 bits per heavy atom. The van der Waals surface area contributed by atoms with Gasteiger partial charge in [0.15, 0.2) is 6.23 Å². The first kappa shape index (κ1) is 29.3. The summed E-state index contributed by atoms with van der Waals surface area (Å²) in [6.45, 7) is 9.85. The third kappa shape index (κ3) is 6.54. The van der Waals surface area contributed by atoms with Gasteiger partial charge < -0.3 is 14.0 Å². The van der Waals surface area contributed by atoms with Gasteiger partial charge in [0, 0.05) is 31.5 Å². The number of imide groups is 1. The van der Waals surface area contributed by atoms with Gasteiger partial charge in [-0.25, -0.2) is 9.78 Å². The number of hydrogen-bond donors (Lipinski definition) is 0. The molecule has 2 amide bonds. The van der Waals surface area contributed by atoms with E-state index < -0.39 is 11.8 Å². The van der Waals surface area contributed by atoms with Crippen LogP contribution in [0.2, 0.25) is 0 Å². The summed E-state index contributed by atoms with van der Waals surface area (Å²) in [6.07, 6.45) is 3.16. The van der Waals surface area contributed by atoms with Crippen LogP contribution in [0.4, 0.5) is 0 Å². The van der Waals surface area contributed by atoms with Crippen molar-refractivity contribution in [2.45, 2.75) is 65.7 Å². The first-order valence-corrected chi connectivity index (χ1v) is 13.6. The van der Waals surface area contributed by atoms with E-state index in [0.29, 0.717) is 42.1 Å². The SMILES string of the molecule is COc1ccc2c(c1)c(CCN1C(=O)c3ccccc3C1=O)cn2C(CC(C)C)OOC(C)(C)CCOC(C)=O. The smallest absolute Gasteiger partial charge is 0.302 e. The van der Waals surface area contributed by atoms with Crippen molar-refractivity contribution in [3.8, 4) is 5.75 Å². The summed E-state index contributed by atoms with van der Waals surface area (Å²) in [7, 11) is 1.62. The Kier molecular flexibility index (Phi) is 8.95. The highest BCUT2D eigenvalue weighted by molar-refractivity contribution is 6.21. The summed E-state index contributed by atoms with van der Waals surface area (Å²) in [5.41, 5.74) is 2.07. The minimum absolute atomic E-state index is 0.231. The van der Waals surface area contributed by atoms with Gasteiger partial charge in [-0.1, -0.05) is 26.0 Å². The Labute approximate surface area is 234 Å². The van der Waals surface area contributed by atoms with Gasteiger partial charge in [-0.2, -0.15) is 0 Å². The molecule has 2 aromatic carbocycles. The Hall–Kier alpha value is -3.69. The predicted molar refractivity (Wildman–Crippen MR) is 150 cm³/mol. The molecular weight excluding hydrogens is 512 g/mol. The number of carbonyl (C=O) groups is 3. The maximum absolute atomic E-state index is 12.9. The summed E-state index contributed by atoms with van der Waals surface area (Å²) < 4.78 is 12.6. The van der Waals surface area contributed by atoms with Crippen LogP contribution in [-0.4, -0.2) is 53.1 Å². The molecule has 2 heterocycles. The van der Waals surface area contributed by atoms with Crippen molar-refractivity contribution in [2.75, 3.05) is 20.3 Å². The molecule has 1 unspecified atom stereocenters. The van der Waals surface area contributed by atoms with Gasteiger partial charge in [0.25, 0.3) is 11.8 Å². The van der Waals surface area contributed by atoms with Crippen LogP contribution in [0.25, 0.3) is 10.9 Å². The molecule has 1 aliphatic rings. The van der Waals surface area contributed by atoms with E-state index in [1.807, 2.05) is 42.8 Å². The molecule has 0 saturated carbocycles. The molecule has 0 saturated heterocycles. The molecule has 3 aromatic rings. The lowest BCUT2D eigenvalue weighted by molar-refractivity contribution is -0.395. The number of nitrogens with zero attached hydrogens (tertiary/aromatic N) is 2. The molecule has 0 bridgehead atoms. The standard InChI is InChI=1S/C31H38N2O7/c1-20(2)17-28(39-40-31(4,5)14-16-38-21(3)34)33-19-22(26-18-23(37-6)11-12-27(26)33)13-15-32-29(35)24-9-7-8-10-25(24)30(32)36/h7-12,18-20,28H,13-17H2,1-6H3. The summed E-state index contributed by atoms with van der Waals surface area (Å²) in [4.78, 5) is 50.3. The average molecular weight is 551 g/mol. The number of fused-ring (bicyclic) bond motifs is 2. The first-order chi connectivity index (χ1) is 19.0. The zero-order valence-corrected chi connectivity index (χ0v) is 24.1. The maximum Gasteiger partial charge on any atom is 0.302 e. The normalized spacial score (nSPS) is 14.2. The first-order valence-electron chi connectivity index (χ1n) is 13.6. The van der Waals surface area contributed by atoms with Crippen molar-refractivity contribution >= 4 is 28.7 Å². The van der Waals surface area contributed by atoms with E-state index in [4.69, 9.17) is 19.2 Å². The zero-order valence-electron chi connectivity index (χ0n) is 24.1. The molecule has 4 rings (SSSR count). The number of aromatic nitrogens is 1. The number of hydrogen-bond acceptors (Lipinski definition) is 7. The number of rotatable bonds is 13. The van der Waals surface area contributed by atoms with Gasteiger partial charge >= 0.3 is 5.97 Å². The Morgan fingerprint density at radius 3 is 2.30 bits per heavy atom. The number of esters is 1. The molecule has 1 aromatic heterocycles. The fourth-order valence-corrected chi connectivity index (χ4v) is 4.81. The largest absolute Gasteiger partial charge is 0.497 e. The van der Waals surface area contributed by atoms with Crippen molar-refractivity contribution in [2.24, 2.45) is 5.92 Å². The van der Waals surface area contributed by atoms with Gasteiger partial charge in [0.05, 0.1) is 30.4 Å². The lowest BCUT2D eigenvalue weighted by Crippen LogP contribution is -2.31. The van der Waals surface area contributed by atoms with Gasteiger partial charge in [-0.15, -0.1) is 0 Å². The van der Waals surface area contributed by atoms with Crippen LogP contribution >= 0.6 is 0 Å². The number of carbonyl (C=O) groups excluding carboxylic acids is 3. The Morgan fingerprint density at radius 2 is 1.70 bits per heavy atom. The third-order valence-corrected chi connectivity index (χ3v) is 6.98. The molecule has 0 spiro atoms. The molecule has 0 N–H and O–H groups in total. The van der Waals surface area contributed by atoms with E-state index in [2.05, 4.69) is 13.8 Å². The van der Waals surface area contributed by atoms with E-state index in [1.165, 1.54) is 11.8 Å². The highest BCUT2D eigenvalue weighted by Crippen LogP contribution is 2.33. The summed E-state index contributed by atoms with van der Waals surface area (Å²) in [5, 5.41) is 0.947. The fourth-order valence-electron chi connectivity index (χ4n) is 4.81. The maximum atomic E-state index is 12.9. The van der Waals surface area contributed by atoms with Crippen LogP contribution in [-0.2, 0) is 25.7 Å². The van der Waals surface area contributed by atoms with Gasteiger partial charge in [-0.05, 0) is 68.5 Å². The molecule has 1 atom stereocenters. The van der Waals surface area contributed by atoms with E-state index in [1.54, 1.807) is 31.4 Å². The van der Waals surface area contributed by atoms with Gasteiger partial charge in [0.1, 0.15) is 11.4 Å². The Balaban J connectivity index is 1.59. The zero-order chi connectivity index (χ0) is 29.0. The van der Waals surface area contributed by atoms with Gasteiger partial charge in [-0.3, -0.25) is 19.3 Å². The summed E-state index contributed by atoms with van der Waals surface area (Å²) in [6, 6.07) is 12.7. The number of benzene rings is 2. The molecule has 9 nitrogen and oxygen atoms in total. The van der Waals surface area contributed by atoms with Crippen molar-refractivity contribution in [3.05, 3.63) is 65.4 Å². The van der Waals surface area contributed by atoms with Crippen LogP contribution in [0.15, 0.2) is 48.7 Å². The highest BCUT2D eigenvalue weighted by Gasteiger charge is 2.35. The fraction of sp³-hybridized carbons (Fsp3) is 0.452. The second-order valence-corrected chi connectivity index (χ2v) is 11.1. The minimum atomic E-state index is -0.689. The molecule has 214 valence electrons. The van der Waals surface area contributed by atoms with Crippen LogP contribution < -0.4 is 4.74 Å². The predicted octanol–water partition coefficient (Wildman–Crippen LogP) is 5.71. The molecule has 9 heteroatoms. The van der Waals surface area contributed by atoms with Crippen molar-refractivity contribution in [3.63, 3.8) is 0 Å². The number of methoxy groups -OCH3 is 1. The second kappa shape index (κ2) is 12.2. The average Bonchev–Trinajstić information content (AvgIpc) is 3.39. The molecule has 40 heavy (non-hydrogen) atoms. The van der Waals surface area contributed by atoms with Crippen LogP contribution in [0.3, 0.4) is 0 Å². The van der Waals surface area contributed by atoms with E-state index >= 15 is 0 Å². The van der Waals surface area contributed by atoms with E-state index in [-0.39, 0.29) is 30.9 Å². The van der Waals surface area contributed by atoms with E-state index in [9.17, 15) is 14.4 Å². The van der Waals surface area contributed by atoms with E-state index in [0.717, 1.165) is 16.5 Å². The van der Waals surface area contributed by atoms with Gasteiger partial charge in [0.2, 0.25) is 0 Å². The lowest BCUT2D eigenvalue weighted by Gasteiger charge is -2.28. The number of amides is 2. The molecule has 1 aliphatic heterocycles. The molecule has 0 fully saturated rings.